The number of methoxy groups -OCH3 is 2. The van der Waals surface area contributed by atoms with E-state index in [1.165, 1.54) is 216 Å². The van der Waals surface area contributed by atoms with Gasteiger partial charge in [0.1, 0.15) is 10.9 Å². The number of aliphatic hydroxyl groups is 1. The summed E-state index contributed by atoms with van der Waals surface area (Å²) in [5, 5.41) is 10.4. The van der Waals surface area contributed by atoms with E-state index < -0.39 is 0 Å². The molecular formula is C75H144Cl2N10O5S2. The first-order chi connectivity index (χ1) is 45.1. The number of halogens is 2. The zero-order valence-electron chi connectivity index (χ0n) is 63.0. The fourth-order valence-corrected chi connectivity index (χ4v) is 13.6. The van der Waals surface area contributed by atoms with Crippen LogP contribution in [0.1, 0.15) is 175 Å². The Kier molecular flexibility index (Phi) is 53.5. The van der Waals surface area contributed by atoms with Crippen molar-refractivity contribution in [2.45, 2.75) is 191 Å². The van der Waals surface area contributed by atoms with Gasteiger partial charge in [0.25, 0.3) is 0 Å². The maximum Gasteiger partial charge on any atom is 0.180 e. The molecule has 13 aliphatic rings. The average molecular weight is 1400 g/mol. The SMILES string of the molecule is CC1=CCCCC1.CC1=NCCO1.CC1=NCCS1.CC1CC1(Cl)Cl.CN1CCCC1.CN1CCCCC1.CN1CCN(C)CC1.CN1CCOCC1.CN1CCSC1.COC[C@@H]1CCCN1C.COC[C@H]1CCCN1C.C[C@H]1CCCC[C@@H]1O.c1ccc(C2CC2)cc1. The molecular weight excluding hydrogens is 1260 g/mol. The Morgan fingerprint density at radius 2 is 1.06 bits per heavy atom. The van der Waals surface area contributed by atoms with Crippen LogP contribution in [0.5, 0.6) is 0 Å². The maximum absolute atomic E-state index is 9.18. The number of hydrogen-bond donors (Lipinski definition) is 1. The summed E-state index contributed by atoms with van der Waals surface area (Å²) in [4.78, 5) is 26.8. The fourth-order valence-electron chi connectivity index (χ4n) is 11.4. The number of alkyl halides is 2. The zero-order valence-corrected chi connectivity index (χ0v) is 66.1. The van der Waals surface area contributed by atoms with Gasteiger partial charge in [-0.3, -0.25) is 14.9 Å². The number of aliphatic imine (C=N–C) groups is 2. The summed E-state index contributed by atoms with van der Waals surface area (Å²) in [6.07, 6.45) is 28.8. The highest BCUT2D eigenvalue weighted by Crippen LogP contribution is 2.52. The minimum atomic E-state index is -0.347. The Morgan fingerprint density at radius 3 is 1.31 bits per heavy atom. The first-order valence-corrected chi connectivity index (χ1v) is 39.7. The van der Waals surface area contributed by atoms with Crippen LogP contribution < -0.4 is 0 Å². The van der Waals surface area contributed by atoms with Crippen molar-refractivity contribution < 1.29 is 24.1 Å². The normalized spacial score (nSPS) is 26.7. The van der Waals surface area contributed by atoms with Crippen LogP contribution in [-0.2, 0) is 18.9 Å². The van der Waals surface area contributed by atoms with Crippen LogP contribution in [0.15, 0.2) is 52.0 Å². The molecule has 4 aliphatic carbocycles. The molecule has 0 radical (unpaired) electrons. The molecule has 9 aliphatic heterocycles. The molecule has 10 fully saturated rings. The number of piperazine rings is 1. The highest BCUT2D eigenvalue weighted by atomic mass is 35.5. The van der Waals surface area contributed by atoms with Crippen LogP contribution >= 0.6 is 46.7 Å². The topological polar surface area (TPSA) is 108 Å². The second-order valence-corrected chi connectivity index (χ2v) is 32.1. The number of aliphatic hydroxyl groups excluding tert-OH is 1. The predicted molar refractivity (Wildman–Crippen MR) is 413 cm³/mol. The van der Waals surface area contributed by atoms with Gasteiger partial charge in [0.2, 0.25) is 0 Å². The van der Waals surface area contributed by atoms with Crippen molar-refractivity contribution in [1.29, 1.82) is 0 Å². The lowest BCUT2D eigenvalue weighted by atomic mass is 9.88. The lowest BCUT2D eigenvalue weighted by Gasteiger charge is -2.28. The third kappa shape index (κ3) is 49.4. The number of thioether (sulfide) groups is 2. The van der Waals surface area contributed by atoms with Crippen molar-refractivity contribution >= 4 is 57.7 Å². The largest absolute Gasteiger partial charge is 0.479 e. The number of nitrogens with zero attached hydrogens (tertiary/aromatic N) is 10. The maximum atomic E-state index is 9.18. The molecule has 3 saturated carbocycles. The van der Waals surface area contributed by atoms with Gasteiger partial charge in [-0.1, -0.05) is 75.1 Å². The minimum absolute atomic E-state index is 0.00347. The summed E-state index contributed by atoms with van der Waals surface area (Å²) in [5.74, 6) is 6.59. The number of rotatable bonds is 5. The molecule has 15 nitrogen and oxygen atoms in total. The van der Waals surface area contributed by atoms with E-state index in [-0.39, 0.29) is 10.4 Å². The van der Waals surface area contributed by atoms with E-state index in [0.29, 0.717) is 23.9 Å². The predicted octanol–water partition coefficient (Wildman–Crippen LogP) is 14.1. The molecule has 9 heterocycles. The number of likely N-dealkylation sites (N-methyl/N-ethyl adjacent to an activating group) is 5. The number of hydrogen-bond acceptors (Lipinski definition) is 17. The fraction of sp³-hybridized carbons (Fsp3) is 0.867. The molecule has 1 aromatic carbocycles. The summed E-state index contributed by atoms with van der Waals surface area (Å²) in [6, 6.07) is 12.1. The summed E-state index contributed by atoms with van der Waals surface area (Å²) in [7, 11) is 20.8. The molecule has 550 valence electrons. The highest BCUT2D eigenvalue weighted by Gasteiger charge is 2.47. The van der Waals surface area contributed by atoms with Crippen LogP contribution in [0, 0.1) is 11.8 Å². The molecule has 7 saturated heterocycles. The second-order valence-electron chi connectivity index (χ2n) is 28.2. The molecule has 1 unspecified atom stereocenters. The van der Waals surface area contributed by atoms with Gasteiger partial charge in [-0.25, -0.2) is 0 Å². The number of allylic oxidation sites excluding steroid dienone is 2. The van der Waals surface area contributed by atoms with Crippen molar-refractivity contribution in [3.63, 3.8) is 0 Å². The summed E-state index contributed by atoms with van der Waals surface area (Å²) < 4.78 is 19.8. The van der Waals surface area contributed by atoms with Gasteiger partial charge in [0.05, 0.1) is 44.1 Å². The summed E-state index contributed by atoms with van der Waals surface area (Å²) in [5.41, 5.74) is 3.11. The molecule has 0 aromatic heterocycles. The van der Waals surface area contributed by atoms with Gasteiger partial charge in [0, 0.05) is 103 Å². The van der Waals surface area contributed by atoms with Crippen LogP contribution in [0.4, 0.5) is 0 Å². The quantitative estimate of drug-likeness (QED) is 0.223. The Balaban J connectivity index is 0.000000348. The standard InChI is InChI=1S/C9H10.2C7H15NO.C7H14O.C7H12.C6H14N2.C6H13N.C5H11NO.C5H11N.C4H6Cl2.C4H7NO.C4H9NS.C4H7NS/c1-2-4-8(5-3-1)9-6-7-9;2*1-8-5-3-4-7(8)6-9-2;1-6-4-2-3-5-7(6)8;1-7-5-3-2-4-6-7;1-7-3-5-8(2)6-4-7;1-7-5-3-2-4-6-7;1-6-2-4-7-5-3-6;1-6-4-2-3-5-6;1-3-2-4(3,5)6;1-4-5-2-3-6-4;1-5-2-3-6-4-5;1-4-5-2-3-6-4/h1-5,9H,6-7H2;2*7H,3-6H2,1-2H3;6-8H,2-5H2,1H3;5H,2-4,6H2,1H3;3-6H2,1-2H3;2-6H2,1H3;2-5H2,1H3;2-5H2,1H3;3H,2H2,1H3;2-3H2,1H3;2-4H2,1H3;2-3H2,1H3/t;2*7-;6-,7-;;;;;;;;;/m.100........./s1. The Hall–Kier alpha value is -1.10. The molecule has 0 spiro atoms. The van der Waals surface area contributed by atoms with Gasteiger partial charge in [0.15, 0.2) is 5.90 Å². The van der Waals surface area contributed by atoms with Crippen molar-refractivity contribution in [2.75, 3.05) is 219 Å². The third-order valence-corrected chi connectivity index (χ3v) is 22.0. The van der Waals surface area contributed by atoms with Crippen LogP contribution in [0.25, 0.3) is 0 Å². The van der Waals surface area contributed by atoms with Gasteiger partial charge in [-0.15, -0.1) is 46.7 Å². The van der Waals surface area contributed by atoms with Crippen LogP contribution in [0.3, 0.4) is 0 Å². The van der Waals surface area contributed by atoms with Crippen molar-refractivity contribution in [3.05, 3.63) is 47.5 Å². The van der Waals surface area contributed by atoms with Crippen molar-refractivity contribution in [2.24, 2.45) is 21.8 Å². The smallest absolute Gasteiger partial charge is 0.180 e. The van der Waals surface area contributed by atoms with Crippen molar-refractivity contribution in [1.82, 2.24) is 39.2 Å². The van der Waals surface area contributed by atoms with E-state index in [1.807, 2.05) is 37.4 Å². The number of likely N-dealkylation sites (tertiary alicyclic amines) is 4. The Bertz CT molecular complexity index is 1910. The van der Waals surface area contributed by atoms with Gasteiger partial charge >= 0.3 is 0 Å². The number of ether oxygens (including phenoxy) is 4. The van der Waals surface area contributed by atoms with E-state index in [1.54, 1.807) is 19.8 Å². The van der Waals surface area contributed by atoms with Crippen LogP contribution in [-0.4, -0.2) is 297 Å². The first-order valence-electron chi connectivity index (χ1n) is 36.8. The van der Waals surface area contributed by atoms with Crippen molar-refractivity contribution in [3.8, 4) is 0 Å². The molecule has 19 heteroatoms. The number of benzene rings is 1. The highest BCUT2D eigenvalue weighted by molar-refractivity contribution is 8.14. The summed E-state index contributed by atoms with van der Waals surface area (Å²) >= 11 is 15.0. The molecule has 94 heavy (non-hydrogen) atoms. The van der Waals surface area contributed by atoms with Gasteiger partial charge in [-0.2, -0.15) is 0 Å². The second kappa shape index (κ2) is 56.5. The van der Waals surface area contributed by atoms with E-state index in [9.17, 15) is 5.11 Å². The van der Waals surface area contributed by atoms with Gasteiger partial charge < -0.3 is 58.4 Å². The van der Waals surface area contributed by atoms with Gasteiger partial charge in [-0.05, 0) is 242 Å². The minimum Gasteiger partial charge on any atom is -0.479 e. The average Bonchev–Trinajstić information content (AvgIpc) is 1.94. The number of piperidine rings is 1. The molecule has 1 N–H and O–H groups in total. The molecule has 1 aromatic rings. The molecule has 5 atom stereocenters. The molecule has 0 amide bonds. The Labute approximate surface area is 597 Å². The number of morpholine rings is 1. The molecule has 14 rings (SSSR count). The first kappa shape index (κ1) is 89.0. The monoisotopic (exact) mass is 1400 g/mol. The van der Waals surface area contributed by atoms with E-state index >= 15 is 0 Å². The third-order valence-electron chi connectivity index (χ3n) is 18.9. The van der Waals surface area contributed by atoms with E-state index in [2.05, 4.69) is 163 Å². The molecule has 0 bridgehead atoms. The lowest BCUT2D eigenvalue weighted by molar-refractivity contribution is 0.0503. The zero-order chi connectivity index (χ0) is 69.2. The van der Waals surface area contributed by atoms with E-state index in [4.69, 9.17) is 42.1 Å². The summed E-state index contributed by atoms with van der Waals surface area (Å²) in [6.45, 7) is 32.8. The lowest BCUT2D eigenvalue weighted by Crippen LogP contribution is -2.42. The van der Waals surface area contributed by atoms with Crippen LogP contribution in [0.2, 0.25) is 0 Å². The van der Waals surface area contributed by atoms with E-state index in [0.717, 1.165) is 83.9 Å². The Morgan fingerprint density at radius 1 is 0.553 bits per heavy atom.